The molecule has 4 heteroatoms. The van der Waals surface area contributed by atoms with Crippen LogP contribution in [0.5, 0.6) is 5.88 Å². The van der Waals surface area contributed by atoms with Crippen molar-refractivity contribution >= 4 is 0 Å². The molecule has 22 heavy (non-hydrogen) atoms. The SMILES string of the molecule is Cc1cncc(OC2CCN(Cc3ccccc3C)CC2)n1. The standard InChI is InChI=1S/C18H23N3O/c1-14-5-3-4-6-16(14)13-21-9-7-17(8-10-21)22-18-12-19-11-15(2)20-18/h3-6,11-12,17H,7-10,13H2,1-2H3. The molecule has 0 spiro atoms. The highest BCUT2D eigenvalue weighted by molar-refractivity contribution is 5.25. The van der Waals surface area contributed by atoms with Crippen LogP contribution in [0.15, 0.2) is 36.7 Å². The van der Waals surface area contributed by atoms with E-state index in [0.717, 1.165) is 38.2 Å². The quantitative estimate of drug-likeness (QED) is 0.869. The second-order valence-electron chi connectivity index (χ2n) is 6.02. The van der Waals surface area contributed by atoms with Gasteiger partial charge in [0.25, 0.3) is 0 Å². The van der Waals surface area contributed by atoms with Crippen molar-refractivity contribution in [1.82, 2.24) is 14.9 Å². The Morgan fingerprint density at radius 3 is 2.64 bits per heavy atom. The van der Waals surface area contributed by atoms with E-state index in [1.54, 1.807) is 12.4 Å². The Kier molecular flexibility index (Phi) is 4.68. The molecule has 1 aromatic heterocycles. The zero-order valence-electron chi connectivity index (χ0n) is 13.3. The highest BCUT2D eigenvalue weighted by Crippen LogP contribution is 2.19. The molecule has 1 aliphatic rings. The van der Waals surface area contributed by atoms with Crippen molar-refractivity contribution in [2.75, 3.05) is 13.1 Å². The summed E-state index contributed by atoms with van der Waals surface area (Å²) in [5.74, 6) is 0.650. The summed E-state index contributed by atoms with van der Waals surface area (Å²) < 4.78 is 5.96. The van der Waals surface area contributed by atoms with E-state index in [4.69, 9.17) is 4.74 Å². The van der Waals surface area contributed by atoms with Gasteiger partial charge in [0, 0.05) is 25.8 Å². The summed E-state index contributed by atoms with van der Waals surface area (Å²) in [7, 11) is 0. The fourth-order valence-corrected chi connectivity index (χ4v) is 2.88. The number of aryl methyl sites for hydroxylation is 2. The molecule has 0 radical (unpaired) electrons. The third-order valence-electron chi connectivity index (χ3n) is 4.21. The van der Waals surface area contributed by atoms with Crippen molar-refractivity contribution in [3.05, 3.63) is 53.5 Å². The van der Waals surface area contributed by atoms with Crippen LogP contribution in [0.25, 0.3) is 0 Å². The number of rotatable bonds is 4. The molecule has 1 saturated heterocycles. The molecule has 0 amide bonds. The van der Waals surface area contributed by atoms with Gasteiger partial charge in [-0.05, 0) is 37.8 Å². The first kappa shape index (κ1) is 15.0. The third kappa shape index (κ3) is 3.83. The molecule has 0 saturated carbocycles. The minimum Gasteiger partial charge on any atom is -0.473 e. The highest BCUT2D eigenvalue weighted by atomic mass is 16.5. The predicted octanol–water partition coefficient (Wildman–Crippen LogP) is 3.14. The van der Waals surface area contributed by atoms with E-state index in [9.17, 15) is 0 Å². The summed E-state index contributed by atoms with van der Waals surface area (Å²) in [4.78, 5) is 11.0. The molecule has 0 aliphatic carbocycles. The summed E-state index contributed by atoms with van der Waals surface area (Å²) >= 11 is 0. The fraction of sp³-hybridized carbons (Fsp3) is 0.444. The molecule has 3 rings (SSSR count). The molecule has 0 bridgehead atoms. The van der Waals surface area contributed by atoms with Crippen LogP contribution in [0.1, 0.15) is 29.7 Å². The van der Waals surface area contributed by atoms with Crippen molar-refractivity contribution in [3.63, 3.8) is 0 Å². The molecule has 1 aromatic carbocycles. The second kappa shape index (κ2) is 6.88. The van der Waals surface area contributed by atoms with Crippen LogP contribution < -0.4 is 4.74 Å². The second-order valence-corrected chi connectivity index (χ2v) is 6.02. The summed E-state index contributed by atoms with van der Waals surface area (Å²) in [5.41, 5.74) is 3.69. The number of nitrogens with zero attached hydrogens (tertiary/aromatic N) is 3. The van der Waals surface area contributed by atoms with Crippen LogP contribution in [-0.4, -0.2) is 34.1 Å². The Morgan fingerprint density at radius 2 is 1.91 bits per heavy atom. The lowest BCUT2D eigenvalue weighted by Crippen LogP contribution is -2.38. The molecule has 1 fully saturated rings. The van der Waals surface area contributed by atoms with Crippen molar-refractivity contribution in [3.8, 4) is 5.88 Å². The monoisotopic (exact) mass is 297 g/mol. The van der Waals surface area contributed by atoms with Crippen molar-refractivity contribution in [2.45, 2.75) is 39.3 Å². The topological polar surface area (TPSA) is 38.2 Å². The number of aromatic nitrogens is 2. The van der Waals surface area contributed by atoms with Gasteiger partial charge in [0.1, 0.15) is 6.10 Å². The lowest BCUT2D eigenvalue weighted by molar-refractivity contribution is 0.0926. The number of hydrogen-bond acceptors (Lipinski definition) is 4. The molecule has 2 heterocycles. The van der Waals surface area contributed by atoms with E-state index in [1.165, 1.54) is 11.1 Å². The van der Waals surface area contributed by atoms with Gasteiger partial charge in [0.05, 0.1) is 11.9 Å². The Bertz CT molecular complexity index is 621. The minimum absolute atomic E-state index is 0.254. The minimum atomic E-state index is 0.254. The maximum Gasteiger partial charge on any atom is 0.232 e. The van der Waals surface area contributed by atoms with E-state index in [1.807, 2.05) is 6.92 Å². The smallest absolute Gasteiger partial charge is 0.232 e. The number of ether oxygens (including phenoxy) is 1. The first-order valence-electron chi connectivity index (χ1n) is 7.93. The average Bonchev–Trinajstić information content (AvgIpc) is 2.52. The molecule has 0 unspecified atom stereocenters. The molecular formula is C18H23N3O. The maximum absolute atomic E-state index is 5.96. The highest BCUT2D eigenvalue weighted by Gasteiger charge is 2.21. The van der Waals surface area contributed by atoms with Crippen molar-refractivity contribution in [2.24, 2.45) is 0 Å². The summed E-state index contributed by atoms with van der Waals surface area (Å²) in [6, 6.07) is 8.62. The van der Waals surface area contributed by atoms with E-state index < -0.39 is 0 Å². The van der Waals surface area contributed by atoms with Gasteiger partial charge < -0.3 is 4.74 Å². The van der Waals surface area contributed by atoms with Gasteiger partial charge in [0.2, 0.25) is 5.88 Å². The van der Waals surface area contributed by atoms with Gasteiger partial charge in [-0.1, -0.05) is 24.3 Å². The number of likely N-dealkylation sites (tertiary alicyclic amines) is 1. The largest absolute Gasteiger partial charge is 0.473 e. The van der Waals surface area contributed by atoms with E-state index in [2.05, 4.69) is 46.1 Å². The number of piperidine rings is 1. The van der Waals surface area contributed by atoms with Crippen LogP contribution in [-0.2, 0) is 6.54 Å². The van der Waals surface area contributed by atoms with Crippen LogP contribution in [0, 0.1) is 13.8 Å². The van der Waals surface area contributed by atoms with Crippen molar-refractivity contribution < 1.29 is 4.74 Å². The summed E-state index contributed by atoms with van der Waals surface area (Å²) in [6.45, 7) is 7.28. The van der Waals surface area contributed by atoms with E-state index in [-0.39, 0.29) is 6.10 Å². The lowest BCUT2D eigenvalue weighted by Gasteiger charge is -2.32. The Hall–Kier alpha value is -1.94. The first-order chi connectivity index (χ1) is 10.7. The van der Waals surface area contributed by atoms with E-state index >= 15 is 0 Å². The van der Waals surface area contributed by atoms with Gasteiger partial charge in [0.15, 0.2) is 0 Å². The summed E-state index contributed by atoms with van der Waals surface area (Å²) in [6.07, 6.45) is 5.79. The van der Waals surface area contributed by atoms with Crippen LogP contribution >= 0.6 is 0 Å². The molecule has 116 valence electrons. The lowest BCUT2D eigenvalue weighted by atomic mass is 10.0. The average molecular weight is 297 g/mol. The Balaban J connectivity index is 1.51. The van der Waals surface area contributed by atoms with Gasteiger partial charge >= 0.3 is 0 Å². The Labute approximate surface area is 132 Å². The van der Waals surface area contributed by atoms with Gasteiger partial charge in [-0.25, -0.2) is 4.98 Å². The van der Waals surface area contributed by atoms with Gasteiger partial charge in [-0.3, -0.25) is 9.88 Å². The molecule has 0 N–H and O–H groups in total. The van der Waals surface area contributed by atoms with Crippen molar-refractivity contribution in [1.29, 1.82) is 0 Å². The van der Waals surface area contributed by atoms with Gasteiger partial charge in [-0.2, -0.15) is 0 Å². The third-order valence-corrected chi connectivity index (χ3v) is 4.21. The number of benzene rings is 1. The zero-order valence-corrected chi connectivity index (χ0v) is 13.3. The normalized spacial score (nSPS) is 16.6. The van der Waals surface area contributed by atoms with Crippen LogP contribution in [0.2, 0.25) is 0 Å². The molecule has 1 aliphatic heterocycles. The molecular weight excluding hydrogens is 274 g/mol. The Morgan fingerprint density at radius 1 is 1.14 bits per heavy atom. The molecule has 2 aromatic rings. The zero-order chi connectivity index (χ0) is 15.4. The van der Waals surface area contributed by atoms with Gasteiger partial charge in [-0.15, -0.1) is 0 Å². The maximum atomic E-state index is 5.96. The first-order valence-corrected chi connectivity index (χ1v) is 7.93. The predicted molar refractivity (Wildman–Crippen MR) is 86.9 cm³/mol. The molecule has 4 nitrogen and oxygen atoms in total. The summed E-state index contributed by atoms with van der Waals surface area (Å²) in [5, 5.41) is 0. The van der Waals surface area contributed by atoms with Crippen LogP contribution in [0.3, 0.4) is 0 Å². The molecule has 0 atom stereocenters. The van der Waals surface area contributed by atoms with Crippen LogP contribution in [0.4, 0.5) is 0 Å². The van der Waals surface area contributed by atoms with E-state index in [0.29, 0.717) is 5.88 Å². The fourth-order valence-electron chi connectivity index (χ4n) is 2.88. The number of hydrogen-bond donors (Lipinski definition) is 0.